The van der Waals surface area contributed by atoms with Crippen LogP contribution in [0.2, 0.25) is 0 Å². The number of primary amides is 1. The standard InChI is InChI=1S/C30H35N5O4S/c1-18(2)39-24-16-20(35-14-7-6-8-19(35)13-15-36)11-12-22(24)33-30-32-17-25-27(34-30)26(28(40-25)29(31)37)21-9-4-5-10-23(21)38-3/h4-5,9-12,16-19,36H,6-8,13-15H2,1-3H3,(H2,31,37)(H,32,33,34). The number of ether oxygens (including phenoxy) is 2. The number of methoxy groups -OCH3 is 1. The number of aromatic nitrogens is 2. The average molecular weight is 562 g/mol. The van der Waals surface area contributed by atoms with Crippen molar-refractivity contribution in [3.05, 3.63) is 53.5 Å². The molecule has 1 amide bonds. The van der Waals surface area contributed by atoms with E-state index < -0.39 is 5.91 Å². The van der Waals surface area contributed by atoms with Crippen LogP contribution in [0.15, 0.2) is 48.7 Å². The van der Waals surface area contributed by atoms with Gasteiger partial charge in [0.25, 0.3) is 5.91 Å². The third-order valence-corrected chi connectivity index (χ3v) is 8.15. The molecule has 1 fully saturated rings. The third-order valence-electron chi connectivity index (χ3n) is 7.03. The van der Waals surface area contributed by atoms with Gasteiger partial charge in [-0.3, -0.25) is 4.79 Å². The number of aliphatic hydroxyl groups excluding tert-OH is 1. The lowest BCUT2D eigenvalue weighted by Crippen LogP contribution is -2.40. The highest BCUT2D eigenvalue weighted by molar-refractivity contribution is 7.21. The molecule has 0 saturated carbocycles. The van der Waals surface area contributed by atoms with Gasteiger partial charge < -0.3 is 30.5 Å². The van der Waals surface area contributed by atoms with Crippen molar-refractivity contribution in [2.45, 2.75) is 51.7 Å². The van der Waals surface area contributed by atoms with Crippen LogP contribution < -0.4 is 25.4 Å². The van der Waals surface area contributed by atoms with Crippen LogP contribution in [-0.4, -0.2) is 53.4 Å². The summed E-state index contributed by atoms with van der Waals surface area (Å²) in [6.07, 6.45) is 5.77. The first-order valence-electron chi connectivity index (χ1n) is 13.6. The number of rotatable bonds is 10. The van der Waals surface area contributed by atoms with Crippen molar-refractivity contribution >= 4 is 44.8 Å². The van der Waals surface area contributed by atoms with E-state index in [1.54, 1.807) is 13.3 Å². The molecule has 3 heterocycles. The summed E-state index contributed by atoms with van der Waals surface area (Å²) in [6, 6.07) is 13.9. The van der Waals surface area contributed by atoms with Crippen LogP contribution in [0.1, 0.15) is 49.2 Å². The predicted molar refractivity (Wildman–Crippen MR) is 160 cm³/mol. The SMILES string of the molecule is COc1ccccc1-c1c(C(N)=O)sc2cnc(Nc3ccc(N4CCCCC4CCO)cc3OC(C)C)nc12. The zero-order valence-corrected chi connectivity index (χ0v) is 23.8. The molecule has 0 bridgehead atoms. The number of amides is 1. The number of benzene rings is 2. The quantitative estimate of drug-likeness (QED) is 0.224. The van der Waals surface area contributed by atoms with Crippen molar-refractivity contribution in [2.24, 2.45) is 5.73 Å². The van der Waals surface area contributed by atoms with Gasteiger partial charge in [-0.1, -0.05) is 18.2 Å². The summed E-state index contributed by atoms with van der Waals surface area (Å²) in [6.45, 7) is 5.10. The van der Waals surface area contributed by atoms with Crippen molar-refractivity contribution < 1.29 is 19.4 Å². The van der Waals surface area contributed by atoms with Gasteiger partial charge in [-0.05, 0) is 57.7 Å². The highest BCUT2D eigenvalue weighted by Crippen LogP contribution is 2.42. The number of piperidine rings is 1. The second kappa shape index (κ2) is 12.1. The van der Waals surface area contributed by atoms with Gasteiger partial charge in [0.2, 0.25) is 5.95 Å². The monoisotopic (exact) mass is 561 g/mol. The van der Waals surface area contributed by atoms with Gasteiger partial charge in [0.15, 0.2) is 0 Å². The van der Waals surface area contributed by atoms with Gasteiger partial charge in [-0.2, -0.15) is 0 Å². The Balaban J connectivity index is 1.54. The molecule has 210 valence electrons. The summed E-state index contributed by atoms with van der Waals surface area (Å²) in [5.74, 6) is 1.16. The lowest BCUT2D eigenvalue weighted by Gasteiger charge is -2.37. The Bertz CT molecular complexity index is 1500. The van der Waals surface area contributed by atoms with Gasteiger partial charge in [0, 0.05) is 42.1 Å². The van der Waals surface area contributed by atoms with Crippen LogP contribution in [0, 0.1) is 0 Å². The molecule has 2 aromatic heterocycles. The molecular weight excluding hydrogens is 526 g/mol. The van der Waals surface area contributed by atoms with E-state index >= 15 is 0 Å². The second-order valence-electron chi connectivity index (χ2n) is 10.1. The number of carbonyl (C=O) groups excluding carboxylic acids is 1. The zero-order valence-electron chi connectivity index (χ0n) is 23.0. The Labute approximate surface area is 238 Å². The maximum absolute atomic E-state index is 12.4. The minimum Gasteiger partial charge on any atom is -0.496 e. The van der Waals surface area contributed by atoms with Crippen molar-refractivity contribution in [3.63, 3.8) is 0 Å². The second-order valence-corrected chi connectivity index (χ2v) is 11.2. The van der Waals surface area contributed by atoms with Crippen LogP contribution in [-0.2, 0) is 0 Å². The molecule has 0 spiro atoms. The average Bonchev–Trinajstić information content (AvgIpc) is 3.33. The molecule has 1 aliphatic rings. The van der Waals surface area contributed by atoms with Gasteiger partial charge in [-0.15, -0.1) is 11.3 Å². The van der Waals surface area contributed by atoms with E-state index in [9.17, 15) is 9.90 Å². The maximum atomic E-state index is 12.4. The lowest BCUT2D eigenvalue weighted by atomic mass is 9.98. The summed E-state index contributed by atoms with van der Waals surface area (Å²) in [4.78, 5) is 24.5. The van der Waals surface area contributed by atoms with E-state index in [1.807, 2.05) is 50.2 Å². The minimum atomic E-state index is -0.529. The maximum Gasteiger partial charge on any atom is 0.259 e. The molecule has 9 nitrogen and oxygen atoms in total. The zero-order chi connectivity index (χ0) is 28.2. The number of thiophene rings is 1. The van der Waals surface area contributed by atoms with Crippen LogP contribution in [0.4, 0.5) is 17.3 Å². The summed E-state index contributed by atoms with van der Waals surface area (Å²) in [5, 5.41) is 12.9. The van der Waals surface area contributed by atoms with Crippen molar-refractivity contribution in [2.75, 3.05) is 30.5 Å². The number of para-hydroxylation sites is 1. The highest BCUT2D eigenvalue weighted by Gasteiger charge is 2.25. The molecule has 0 aliphatic carbocycles. The van der Waals surface area contributed by atoms with E-state index in [0.717, 1.165) is 47.4 Å². The Morgan fingerprint density at radius 3 is 2.80 bits per heavy atom. The fourth-order valence-corrected chi connectivity index (χ4v) is 6.26. The molecule has 2 aromatic carbocycles. The number of nitrogens with zero attached hydrogens (tertiary/aromatic N) is 3. The number of anilines is 3. The van der Waals surface area contributed by atoms with Crippen molar-refractivity contribution in [1.82, 2.24) is 9.97 Å². The Kier molecular flexibility index (Phi) is 8.37. The van der Waals surface area contributed by atoms with Crippen LogP contribution in [0.25, 0.3) is 21.3 Å². The molecule has 1 aliphatic heterocycles. The molecule has 4 aromatic rings. The first-order chi connectivity index (χ1) is 19.4. The number of hydrogen-bond acceptors (Lipinski definition) is 9. The molecule has 10 heteroatoms. The Hall–Kier alpha value is -3.89. The number of hydrogen-bond donors (Lipinski definition) is 3. The van der Waals surface area contributed by atoms with Crippen LogP contribution in [0.3, 0.4) is 0 Å². The fraction of sp³-hybridized carbons (Fsp3) is 0.367. The van der Waals surface area contributed by atoms with Gasteiger partial charge in [0.1, 0.15) is 16.4 Å². The topological polar surface area (TPSA) is 123 Å². The number of nitrogens with two attached hydrogens (primary N) is 1. The fourth-order valence-electron chi connectivity index (χ4n) is 5.28. The van der Waals surface area contributed by atoms with Gasteiger partial charge >= 0.3 is 0 Å². The van der Waals surface area contributed by atoms with E-state index in [4.69, 9.17) is 20.2 Å². The van der Waals surface area contributed by atoms with E-state index in [0.29, 0.717) is 39.4 Å². The number of aliphatic hydroxyl groups is 1. The molecule has 1 atom stereocenters. The van der Waals surface area contributed by atoms with Crippen LogP contribution >= 0.6 is 11.3 Å². The highest BCUT2D eigenvalue weighted by atomic mass is 32.1. The van der Waals surface area contributed by atoms with Gasteiger partial charge in [-0.25, -0.2) is 9.97 Å². The molecule has 1 saturated heterocycles. The van der Waals surface area contributed by atoms with Gasteiger partial charge in [0.05, 0.1) is 35.3 Å². The largest absolute Gasteiger partial charge is 0.496 e. The van der Waals surface area contributed by atoms with Crippen molar-refractivity contribution in [3.8, 4) is 22.6 Å². The van der Waals surface area contributed by atoms with Crippen molar-refractivity contribution in [1.29, 1.82) is 0 Å². The summed E-state index contributed by atoms with van der Waals surface area (Å²) in [7, 11) is 1.59. The van der Waals surface area contributed by atoms with E-state index in [1.165, 1.54) is 17.8 Å². The first kappa shape index (κ1) is 27.7. The molecule has 1 unspecified atom stereocenters. The van der Waals surface area contributed by atoms with Crippen LogP contribution in [0.5, 0.6) is 11.5 Å². The van der Waals surface area contributed by atoms with E-state index in [-0.39, 0.29) is 12.7 Å². The normalized spacial score (nSPS) is 15.4. The molecular formula is C30H35N5O4S. The Morgan fingerprint density at radius 2 is 2.05 bits per heavy atom. The summed E-state index contributed by atoms with van der Waals surface area (Å²) in [5.41, 5.74) is 9.55. The smallest absolute Gasteiger partial charge is 0.259 e. The third kappa shape index (κ3) is 5.68. The number of fused-ring (bicyclic) bond motifs is 1. The minimum absolute atomic E-state index is 0.0408. The molecule has 0 radical (unpaired) electrons. The molecule has 5 rings (SSSR count). The number of carbonyl (C=O) groups is 1. The first-order valence-corrected chi connectivity index (χ1v) is 14.4. The number of nitrogens with one attached hydrogen (secondary N) is 1. The van der Waals surface area contributed by atoms with E-state index in [2.05, 4.69) is 21.3 Å². The summed E-state index contributed by atoms with van der Waals surface area (Å²) < 4.78 is 12.5. The molecule has 4 N–H and O–H groups in total. The summed E-state index contributed by atoms with van der Waals surface area (Å²) >= 11 is 1.26. The molecule has 40 heavy (non-hydrogen) atoms. The predicted octanol–water partition coefficient (Wildman–Crippen LogP) is 5.74. The Morgan fingerprint density at radius 1 is 1.23 bits per heavy atom. The lowest BCUT2D eigenvalue weighted by molar-refractivity contribution is 0.100.